The number of aliphatic imine (C=N–C) groups is 1. The van der Waals surface area contributed by atoms with Gasteiger partial charge in [0.05, 0.1) is 25.4 Å². The molecule has 0 aliphatic rings. The average Bonchev–Trinajstić information content (AvgIpc) is 2.66. The lowest BCUT2D eigenvalue weighted by atomic mass is 10.3. The van der Waals surface area contributed by atoms with Crippen LogP contribution in [0.2, 0.25) is 0 Å². The van der Waals surface area contributed by atoms with Gasteiger partial charge in [-0.3, -0.25) is 4.98 Å². The number of hydrogen-bond acceptors (Lipinski definition) is 5. The first kappa shape index (κ1) is 22.1. The van der Waals surface area contributed by atoms with Gasteiger partial charge in [0.25, 0.3) is 0 Å². The Kier molecular flexibility index (Phi) is 11.3. The van der Waals surface area contributed by atoms with E-state index in [2.05, 4.69) is 25.6 Å². The number of rotatable bonds is 9. The van der Waals surface area contributed by atoms with E-state index >= 15 is 0 Å². The molecule has 2 aromatic rings. The number of hydrogen-bond donors (Lipinski definition) is 2. The molecule has 2 rings (SSSR count). The van der Waals surface area contributed by atoms with Gasteiger partial charge in [0.15, 0.2) is 5.96 Å². The summed E-state index contributed by atoms with van der Waals surface area (Å²) in [5, 5.41) is 6.50. The lowest BCUT2D eigenvalue weighted by Crippen LogP contribution is -2.37. The van der Waals surface area contributed by atoms with Crippen LogP contribution in [0.25, 0.3) is 0 Å². The molecule has 0 aliphatic carbocycles. The van der Waals surface area contributed by atoms with Gasteiger partial charge in [0, 0.05) is 31.6 Å². The molecule has 0 unspecified atom stereocenters. The molecule has 0 aliphatic heterocycles. The van der Waals surface area contributed by atoms with Crippen molar-refractivity contribution in [2.24, 2.45) is 4.99 Å². The van der Waals surface area contributed by atoms with Crippen LogP contribution in [0, 0.1) is 0 Å². The summed E-state index contributed by atoms with van der Waals surface area (Å²) in [6.07, 6.45) is 3.49. The monoisotopic (exact) mass is 471 g/mol. The number of nitrogens with zero attached hydrogens (tertiary/aromatic N) is 3. The maximum Gasteiger partial charge on any atom is 0.218 e. The van der Waals surface area contributed by atoms with E-state index in [0.717, 1.165) is 23.8 Å². The van der Waals surface area contributed by atoms with E-state index < -0.39 is 0 Å². The second kappa shape index (κ2) is 13.3. The Morgan fingerprint density at radius 3 is 2.65 bits per heavy atom. The summed E-state index contributed by atoms with van der Waals surface area (Å²) in [4.78, 5) is 13.2. The molecule has 0 atom stereocenters. The zero-order valence-corrected chi connectivity index (χ0v) is 17.5. The molecule has 2 aromatic heterocycles. The van der Waals surface area contributed by atoms with Crippen molar-refractivity contribution in [3.8, 4) is 5.88 Å². The van der Waals surface area contributed by atoms with E-state index in [-0.39, 0.29) is 24.0 Å². The molecule has 0 amide bonds. The maximum atomic E-state index is 5.64. The standard InChI is InChI=1S/C18H25N5O2.HI/c1-3-19-18(23-14-16-8-4-5-9-20-16)22-13-15-7-6-10-21-17(15)25-12-11-24-2;/h4-10H,3,11-14H2,1-2H3,(H2,19,22,23);1H. The van der Waals surface area contributed by atoms with Crippen molar-refractivity contribution in [2.75, 3.05) is 26.9 Å². The van der Waals surface area contributed by atoms with E-state index in [0.29, 0.717) is 32.2 Å². The summed E-state index contributed by atoms with van der Waals surface area (Å²) in [6.45, 7) is 4.86. The van der Waals surface area contributed by atoms with Crippen LogP contribution in [-0.4, -0.2) is 42.8 Å². The van der Waals surface area contributed by atoms with Crippen LogP contribution in [-0.2, 0) is 17.8 Å². The Balaban J connectivity index is 0.00000338. The van der Waals surface area contributed by atoms with Gasteiger partial charge in [0.2, 0.25) is 5.88 Å². The molecular weight excluding hydrogens is 445 g/mol. The molecule has 0 saturated heterocycles. The summed E-state index contributed by atoms with van der Waals surface area (Å²) >= 11 is 0. The summed E-state index contributed by atoms with van der Waals surface area (Å²) in [6, 6.07) is 9.67. The van der Waals surface area contributed by atoms with E-state index in [1.165, 1.54) is 0 Å². The van der Waals surface area contributed by atoms with Crippen LogP contribution in [0.15, 0.2) is 47.7 Å². The summed E-state index contributed by atoms with van der Waals surface area (Å²) < 4.78 is 10.6. The Labute approximate surface area is 171 Å². The van der Waals surface area contributed by atoms with Crippen molar-refractivity contribution in [1.82, 2.24) is 20.6 Å². The average molecular weight is 471 g/mol. The molecule has 2 N–H and O–H groups in total. The highest BCUT2D eigenvalue weighted by atomic mass is 127. The van der Waals surface area contributed by atoms with E-state index in [9.17, 15) is 0 Å². The first-order valence-electron chi connectivity index (χ1n) is 8.31. The van der Waals surface area contributed by atoms with Crippen molar-refractivity contribution in [3.63, 3.8) is 0 Å². The molecule has 2 heterocycles. The zero-order chi connectivity index (χ0) is 17.7. The predicted molar refractivity (Wildman–Crippen MR) is 113 cm³/mol. The fourth-order valence-electron chi connectivity index (χ4n) is 2.08. The maximum absolute atomic E-state index is 5.64. The van der Waals surface area contributed by atoms with Crippen LogP contribution in [0.3, 0.4) is 0 Å². The SMILES string of the molecule is CCNC(=NCc1cccnc1OCCOC)NCc1ccccn1.I. The summed E-state index contributed by atoms with van der Waals surface area (Å²) in [5.74, 6) is 1.31. The van der Waals surface area contributed by atoms with Gasteiger partial charge in [-0.1, -0.05) is 12.1 Å². The molecule has 26 heavy (non-hydrogen) atoms. The number of methoxy groups -OCH3 is 1. The summed E-state index contributed by atoms with van der Waals surface area (Å²) in [7, 11) is 1.64. The van der Waals surface area contributed by atoms with Gasteiger partial charge in [-0.05, 0) is 25.1 Å². The second-order valence-corrected chi connectivity index (χ2v) is 5.18. The lowest BCUT2D eigenvalue weighted by Gasteiger charge is -2.12. The number of pyridine rings is 2. The molecular formula is C18H26IN5O2. The van der Waals surface area contributed by atoms with Crippen LogP contribution < -0.4 is 15.4 Å². The number of halogens is 1. The number of nitrogens with one attached hydrogen (secondary N) is 2. The molecule has 0 fully saturated rings. The Morgan fingerprint density at radius 2 is 1.92 bits per heavy atom. The molecule has 7 nitrogen and oxygen atoms in total. The number of guanidine groups is 1. The van der Waals surface area contributed by atoms with E-state index in [4.69, 9.17) is 9.47 Å². The third-order valence-corrected chi connectivity index (χ3v) is 3.29. The van der Waals surface area contributed by atoms with Gasteiger partial charge in [0.1, 0.15) is 6.61 Å². The van der Waals surface area contributed by atoms with Gasteiger partial charge < -0.3 is 20.1 Å². The smallest absolute Gasteiger partial charge is 0.218 e. The van der Waals surface area contributed by atoms with Gasteiger partial charge in [-0.25, -0.2) is 9.98 Å². The fraction of sp³-hybridized carbons (Fsp3) is 0.389. The van der Waals surface area contributed by atoms with Gasteiger partial charge >= 0.3 is 0 Å². The Hall–Kier alpha value is -1.94. The molecule has 0 aromatic carbocycles. The minimum Gasteiger partial charge on any atom is -0.475 e. The first-order chi connectivity index (χ1) is 12.3. The molecule has 8 heteroatoms. The molecule has 0 saturated carbocycles. The van der Waals surface area contributed by atoms with Crippen LogP contribution in [0.4, 0.5) is 0 Å². The Bertz CT molecular complexity index is 655. The highest BCUT2D eigenvalue weighted by Gasteiger charge is 2.05. The summed E-state index contributed by atoms with van der Waals surface area (Å²) in [5.41, 5.74) is 1.88. The Morgan fingerprint density at radius 1 is 1.08 bits per heavy atom. The molecule has 0 bridgehead atoms. The highest BCUT2D eigenvalue weighted by molar-refractivity contribution is 14.0. The molecule has 142 valence electrons. The van der Waals surface area contributed by atoms with Gasteiger partial charge in [-0.2, -0.15) is 0 Å². The van der Waals surface area contributed by atoms with Crippen molar-refractivity contribution in [3.05, 3.63) is 54.0 Å². The van der Waals surface area contributed by atoms with Gasteiger partial charge in [-0.15, -0.1) is 24.0 Å². The minimum atomic E-state index is 0. The number of aromatic nitrogens is 2. The predicted octanol–water partition coefficient (Wildman–Crippen LogP) is 2.38. The van der Waals surface area contributed by atoms with Crippen LogP contribution >= 0.6 is 24.0 Å². The van der Waals surface area contributed by atoms with Crippen molar-refractivity contribution < 1.29 is 9.47 Å². The molecule has 0 radical (unpaired) electrons. The van der Waals surface area contributed by atoms with E-state index in [1.807, 2.05) is 37.3 Å². The van der Waals surface area contributed by atoms with Crippen molar-refractivity contribution in [1.29, 1.82) is 0 Å². The van der Waals surface area contributed by atoms with Crippen LogP contribution in [0.1, 0.15) is 18.2 Å². The second-order valence-electron chi connectivity index (χ2n) is 5.18. The normalized spacial score (nSPS) is 10.8. The topological polar surface area (TPSA) is 80.7 Å². The van der Waals surface area contributed by atoms with Crippen molar-refractivity contribution >= 4 is 29.9 Å². The lowest BCUT2D eigenvalue weighted by molar-refractivity contribution is 0.143. The highest BCUT2D eigenvalue weighted by Crippen LogP contribution is 2.15. The zero-order valence-electron chi connectivity index (χ0n) is 15.1. The quantitative estimate of drug-likeness (QED) is 0.253. The largest absolute Gasteiger partial charge is 0.475 e. The van der Waals surface area contributed by atoms with Crippen molar-refractivity contribution in [2.45, 2.75) is 20.0 Å². The fourth-order valence-corrected chi connectivity index (χ4v) is 2.08. The van der Waals surface area contributed by atoms with E-state index in [1.54, 1.807) is 19.5 Å². The minimum absolute atomic E-state index is 0. The van der Waals surface area contributed by atoms with Crippen LogP contribution in [0.5, 0.6) is 5.88 Å². The molecule has 0 spiro atoms. The first-order valence-corrected chi connectivity index (χ1v) is 8.31. The number of ether oxygens (including phenoxy) is 2. The third kappa shape index (κ3) is 7.96. The third-order valence-electron chi connectivity index (χ3n) is 3.29.